The number of fused-ring (bicyclic) bond motifs is 1. The number of benzene rings is 3. The fourth-order valence-corrected chi connectivity index (χ4v) is 7.56. The van der Waals surface area contributed by atoms with E-state index < -0.39 is 23.7 Å². The molecule has 0 bridgehead atoms. The Morgan fingerprint density at radius 1 is 0.923 bits per heavy atom. The molecule has 1 unspecified atom stereocenters. The largest absolute Gasteiger partial charge is 0.416 e. The first-order valence-corrected chi connectivity index (χ1v) is 17.8. The third-order valence-corrected chi connectivity index (χ3v) is 10.5. The van der Waals surface area contributed by atoms with Crippen LogP contribution in [-0.2, 0) is 22.3 Å². The molecule has 14 heteroatoms. The summed E-state index contributed by atoms with van der Waals surface area (Å²) in [4.78, 5) is 46.7. The molecule has 3 amide bonds. The molecule has 3 fully saturated rings. The zero-order valence-electron chi connectivity index (χ0n) is 28.7. The van der Waals surface area contributed by atoms with Crippen LogP contribution in [0.4, 0.5) is 30.5 Å². The van der Waals surface area contributed by atoms with Crippen molar-refractivity contribution in [1.82, 2.24) is 19.8 Å². The monoisotopic (exact) mass is 717 g/mol. The maximum Gasteiger partial charge on any atom is 0.416 e. The standard InChI is InChI=1S/C38H42F3N7O4/c39-38(40,41)27-6-3-5-25(20-27)35(51)45-37-43-32-21-29(12-14-33(32)48(37)28-10-8-24(23-49)9-11-28)47-18-16-46(17-19-47)22-26-4-1-2-7-30(26)42-31-13-15-34(50)44-36(31)52/h1-7,12,14,20-21,24,28,31,42,49H,8-11,13,15-19,22-23H2,(H,43,45,51)(H,44,50,52). The second-order valence-corrected chi connectivity index (χ2v) is 13.9. The van der Waals surface area contributed by atoms with Crippen LogP contribution in [0.5, 0.6) is 0 Å². The van der Waals surface area contributed by atoms with Crippen molar-refractivity contribution in [2.75, 3.05) is 48.3 Å². The van der Waals surface area contributed by atoms with Crippen molar-refractivity contribution in [3.05, 3.63) is 83.4 Å². The van der Waals surface area contributed by atoms with E-state index in [1.54, 1.807) is 0 Å². The van der Waals surface area contributed by atoms with E-state index in [2.05, 4.69) is 25.8 Å². The highest BCUT2D eigenvalue weighted by atomic mass is 19.4. The number of hydrogen-bond donors (Lipinski definition) is 4. The number of imide groups is 1. The molecule has 274 valence electrons. The summed E-state index contributed by atoms with van der Waals surface area (Å²) in [6.45, 7) is 3.94. The Hall–Kier alpha value is -4.95. The maximum absolute atomic E-state index is 13.4. The van der Waals surface area contributed by atoms with Crippen LogP contribution in [0.2, 0.25) is 0 Å². The van der Waals surface area contributed by atoms with Gasteiger partial charge in [0.25, 0.3) is 5.91 Å². The van der Waals surface area contributed by atoms with Gasteiger partial charge in [0, 0.05) is 68.7 Å². The summed E-state index contributed by atoms with van der Waals surface area (Å²) in [5, 5.41) is 18.3. The van der Waals surface area contributed by atoms with Crippen LogP contribution in [0.1, 0.15) is 66.1 Å². The number of anilines is 3. The van der Waals surface area contributed by atoms with Crippen molar-refractivity contribution in [2.45, 2.75) is 63.3 Å². The quantitative estimate of drug-likeness (QED) is 0.165. The molecule has 7 rings (SSSR count). The molecular weight excluding hydrogens is 675 g/mol. The van der Waals surface area contributed by atoms with Crippen LogP contribution < -0.4 is 20.9 Å². The lowest BCUT2D eigenvalue weighted by Gasteiger charge is -2.36. The van der Waals surface area contributed by atoms with E-state index in [1.165, 1.54) is 12.1 Å². The molecule has 2 aliphatic heterocycles. The summed E-state index contributed by atoms with van der Waals surface area (Å²) in [5.41, 5.74) is 3.43. The number of aliphatic hydroxyl groups excluding tert-OH is 1. The lowest BCUT2D eigenvalue weighted by Crippen LogP contribution is -2.48. The smallest absolute Gasteiger partial charge is 0.396 e. The van der Waals surface area contributed by atoms with Crippen molar-refractivity contribution in [2.24, 2.45) is 5.92 Å². The Morgan fingerprint density at radius 3 is 2.42 bits per heavy atom. The maximum atomic E-state index is 13.4. The highest BCUT2D eigenvalue weighted by Crippen LogP contribution is 2.38. The number of carbonyl (C=O) groups excluding carboxylic acids is 3. The van der Waals surface area contributed by atoms with E-state index in [0.717, 1.165) is 86.4 Å². The summed E-state index contributed by atoms with van der Waals surface area (Å²) >= 11 is 0. The van der Waals surface area contributed by atoms with Gasteiger partial charge in [-0.3, -0.25) is 29.9 Å². The molecule has 2 saturated heterocycles. The van der Waals surface area contributed by atoms with E-state index in [9.17, 15) is 32.7 Å². The number of nitrogens with zero attached hydrogens (tertiary/aromatic N) is 4. The lowest BCUT2D eigenvalue weighted by molar-refractivity contribution is -0.137. The number of carbonyl (C=O) groups is 3. The number of rotatable bonds is 9. The molecule has 1 aromatic heterocycles. The number of imidazole rings is 1. The number of para-hydroxylation sites is 1. The molecular formula is C38H42F3N7O4. The van der Waals surface area contributed by atoms with Crippen molar-refractivity contribution in [3.63, 3.8) is 0 Å². The number of amides is 3. The Balaban J connectivity index is 1.06. The Kier molecular flexibility index (Phi) is 10.2. The van der Waals surface area contributed by atoms with Gasteiger partial charge in [0.2, 0.25) is 17.8 Å². The van der Waals surface area contributed by atoms with Crippen LogP contribution >= 0.6 is 0 Å². The number of alkyl halides is 3. The number of piperazine rings is 1. The summed E-state index contributed by atoms with van der Waals surface area (Å²) in [7, 11) is 0. The fourth-order valence-electron chi connectivity index (χ4n) is 7.56. The minimum absolute atomic E-state index is 0.00589. The summed E-state index contributed by atoms with van der Waals surface area (Å²) < 4.78 is 42.2. The number of hydrogen-bond acceptors (Lipinski definition) is 8. The first-order chi connectivity index (χ1) is 25.1. The highest BCUT2D eigenvalue weighted by Gasteiger charge is 2.32. The number of aliphatic hydroxyl groups is 1. The van der Waals surface area contributed by atoms with Gasteiger partial charge in [-0.2, -0.15) is 13.2 Å². The van der Waals surface area contributed by atoms with E-state index in [0.29, 0.717) is 24.9 Å². The SMILES string of the molecule is O=C1CCC(Nc2ccccc2CN2CCN(c3ccc4c(c3)nc(NC(=O)c3cccc(C(F)(F)F)c3)n4C3CCC(CO)CC3)CC2)C(=O)N1. The average molecular weight is 718 g/mol. The number of piperidine rings is 1. The second-order valence-electron chi connectivity index (χ2n) is 13.9. The molecule has 0 radical (unpaired) electrons. The zero-order chi connectivity index (χ0) is 36.4. The predicted octanol–water partition coefficient (Wildman–Crippen LogP) is 5.57. The average Bonchev–Trinajstić information content (AvgIpc) is 3.50. The molecule has 52 heavy (non-hydrogen) atoms. The van der Waals surface area contributed by atoms with Gasteiger partial charge in [-0.25, -0.2) is 4.98 Å². The van der Waals surface area contributed by atoms with Gasteiger partial charge >= 0.3 is 6.18 Å². The summed E-state index contributed by atoms with van der Waals surface area (Å²) in [5.74, 6) is -0.715. The lowest BCUT2D eigenvalue weighted by atomic mass is 9.86. The molecule has 4 aromatic rings. The molecule has 1 atom stereocenters. The summed E-state index contributed by atoms with van der Waals surface area (Å²) in [6.07, 6.45) is -0.618. The molecule has 3 heterocycles. The highest BCUT2D eigenvalue weighted by molar-refractivity contribution is 6.04. The van der Waals surface area contributed by atoms with Gasteiger partial charge in [-0.15, -0.1) is 0 Å². The minimum Gasteiger partial charge on any atom is -0.396 e. The molecule has 0 spiro atoms. The van der Waals surface area contributed by atoms with Crippen molar-refractivity contribution in [3.8, 4) is 0 Å². The van der Waals surface area contributed by atoms with E-state index in [-0.39, 0.29) is 41.9 Å². The number of nitrogens with one attached hydrogen (secondary N) is 3. The normalized spacial score (nSPS) is 21.6. The van der Waals surface area contributed by atoms with Crippen LogP contribution in [-0.4, -0.2) is 76.1 Å². The molecule has 4 N–H and O–H groups in total. The van der Waals surface area contributed by atoms with Crippen molar-refractivity contribution < 1.29 is 32.7 Å². The fraction of sp³-hybridized carbons (Fsp3) is 0.421. The molecule has 3 aliphatic rings. The minimum atomic E-state index is -4.57. The van der Waals surface area contributed by atoms with Crippen LogP contribution in [0.25, 0.3) is 11.0 Å². The van der Waals surface area contributed by atoms with E-state index in [1.807, 2.05) is 47.0 Å². The van der Waals surface area contributed by atoms with Crippen LogP contribution in [0, 0.1) is 5.92 Å². The van der Waals surface area contributed by atoms with E-state index in [4.69, 9.17) is 4.98 Å². The van der Waals surface area contributed by atoms with Crippen LogP contribution in [0.15, 0.2) is 66.7 Å². The molecule has 1 aliphatic carbocycles. The van der Waals surface area contributed by atoms with Crippen LogP contribution in [0.3, 0.4) is 0 Å². The third-order valence-electron chi connectivity index (χ3n) is 10.5. The summed E-state index contributed by atoms with van der Waals surface area (Å²) in [6, 6.07) is 17.9. The van der Waals surface area contributed by atoms with Gasteiger partial charge in [-0.1, -0.05) is 24.3 Å². The van der Waals surface area contributed by atoms with Gasteiger partial charge in [-0.05, 0) is 86.1 Å². The van der Waals surface area contributed by atoms with Gasteiger partial charge in [0.05, 0.1) is 16.6 Å². The number of halogens is 3. The van der Waals surface area contributed by atoms with Crippen molar-refractivity contribution in [1.29, 1.82) is 0 Å². The molecule has 11 nitrogen and oxygen atoms in total. The predicted molar refractivity (Wildman–Crippen MR) is 191 cm³/mol. The molecule has 3 aromatic carbocycles. The Morgan fingerprint density at radius 2 is 1.69 bits per heavy atom. The Labute approximate surface area is 299 Å². The Bertz CT molecular complexity index is 1950. The zero-order valence-corrected chi connectivity index (χ0v) is 28.7. The third kappa shape index (κ3) is 7.77. The number of aromatic nitrogens is 2. The van der Waals surface area contributed by atoms with E-state index >= 15 is 0 Å². The molecule has 1 saturated carbocycles. The first-order valence-electron chi connectivity index (χ1n) is 17.8. The van der Waals surface area contributed by atoms with Gasteiger partial charge in [0.15, 0.2) is 0 Å². The second kappa shape index (κ2) is 15.0. The topological polar surface area (TPSA) is 132 Å². The first kappa shape index (κ1) is 35.5. The van der Waals surface area contributed by atoms with Gasteiger partial charge < -0.3 is 19.9 Å². The van der Waals surface area contributed by atoms with Crippen molar-refractivity contribution >= 4 is 46.1 Å². The van der Waals surface area contributed by atoms with Gasteiger partial charge in [0.1, 0.15) is 6.04 Å².